The Hall–Kier alpha value is -1.81. The Balaban J connectivity index is 2.29. The predicted octanol–water partition coefficient (Wildman–Crippen LogP) is 3.87. The van der Waals surface area contributed by atoms with Gasteiger partial charge in [0.15, 0.2) is 5.82 Å². The lowest BCUT2D eigenvalue weighted by Crippen LogP contribution is -2.05. The second-order valence-electron chi connectivity index (χ2n) is 4.06. The van der Waals surface area contributed by atoms with E-state index in [9.17, 15) is 0 Å². The minimum atomic E-state index is 0.507. The molecule has 0 aliphatic heterocycles. The number of benzene rings is 1. The average molecular weight is 277 g/mol. The molecule has 1 aromatic heterocycles. The molecule has 2 rings (SSSR count). The summed E-state index contributed by atoms with van der Waals surface area (Å²) in [7, 11) is 0. The molecule has 0 amide bonds. The fraction of sp³-hybridized carbons (Fsp3) is 0.286. The number of anilines is 3. The van der Waals surface area contributed by atoms with Crippen molar-refractivity contribution in [2.24, 2.45) is 0 Å². The molecule has 0 bridgehead atoms. The third-order valence-electron chi connectivity index (χ3n) is 2.73. The summed E-state index contributed by atoms with van der Waals surface area (Å²) in [4.78, 5) is 8.49. The predicted molar refractivity (Wildman–Crippen MR) is 80.3 cm³/mol. The van der Waals surface area contributed by atoms with Gasteiger partial charge in [0.25, 0.3) is 0 Å². The molecule has 19 heavy (non-hydrogen) atoms. The van der Waals surface area contributed by atoms with Crippen LogP contribution in [0.25, 0.3) is 0 Å². The lowest BCUT2D eigenvalue weighted by atomic mass is 10.1. The Morgan fingerprint density at radius 1 is 1.21 bits per heavy atom. The number of halogens is 1. The van der Waals surface area contributed by atoms with Crippen molar-refractivity contribution in [3.05, 3.63) is 41.0 Å². The summed E-state index contributed by atoms with van der Waals surface area (Å²) < 4.78 is 0. The van der Waals surface area contributed by atoms with Crippen molar-refractivity contribution >= 4 is 29.1 Å². The van der Waals surface area contributed by atoms with E-state index in [4.69, 9.17) is 11.6 Å². The number of nitrogens with zero attached hydrogens (tertiary/aromatic N) is 2. The van der Waals surface area contributed by atoms with Crippen LogP contribution in [0.3, 0.4) is 0 Å². The molecule has 5 heteroatoms. The molecule has 0 aliphatic carbocycles. The van der Waals surface area contributed by atoms with Crippen molar-refractivity contribution in [3.63, 3.8) is 0 Å². The van der Waals surface area contributed by atoms with Crippen LogP contribution in [0.1, 0.15) is 19.4 Å². The van der Waals surface area contributed by atoms with E-state index >= 15 is 0 Å². The molecular weight excluding hydrogens is 260 g/mol. The Labute approximate surface area is 118 Å². The van der Waals surface area contributed by atoms with E-state index in [0.29, 0.717) is 16.8 Å². The number of nitrogens with one attached hydrogen (secondary N) is 2. The number of hydrogen-bond acceptors (Lipinski definition) is 4. The van der Waals surface area contributed by atoms with Crippen LogP contribution in [0, 0.1) is 0 Å². The monoisotopic (exact) mass is 276 g/mol. The first-order chi connectivity index (χ1) is 9.24. The zero-order chi connectivity index (χ0) is 13.7. The fourth-order valence-electron chi connectivity index (χ4n) is 1.78. The van der Waals surface area contributed by atoms with Crippen LogP contribution in [-0.4, -0.2) is 16.5 Å². The number of aryl methyl sites for hydroxylation is 1. The maximum atomic E-state index is 6.13. The fourth-order valence-corrected chi connectivity index (χ4v) is 1.91. The molecule has 100 valence electrons. The van der Waals surface area contributed by atoms with Crippen molar-refractivity contribution < 1.29 is 0 Å². The Bertz CT molecular complexity index is 557. The highest BCUT2D eigenvalue weighted by atomic mass is 35.5. The SMILES string of the molecule is CCNc1ncc(Cl)c(Nc2ccccc2CC)n1. The summed E-state index contributed by atoms with van der Waals surface area (Å²) in [5, 5.41) is 6.84. The molecule has 0 unspecified atom stereocenters. The Morgan fingerprint density at radius 2 is 2.00 bits per heavy atom. The van der Waals surface area contributed by atoms with Gasteiger partial charge in [-0.15, -0.1) is 0 Å². The highest BCUT2D eigenvalue weighted by Crippen LogP contribution is 2.25. The molecule has 0 aliphatic rings. The van der Waals surface area contributed by atoms with E-state index in [2.05, 4.69) is 33.6 Å². The molecular formula is C14H17ClN4. The van der Waals surface area contributed by atoms with Crippen LogP contribution in [0.4, 0.5) is 17.5 Å². The summed E-state index contributed by atoms with van der Waals surface area (Å²) in [5.74, 6) is 1.19. The first-order valence-corrected chi connectivity index (χ1v) is 6.73. The van der Waals surface area contributed by atoms with Crippen molar-refractivity contribution in [3.8, 4) is 0 Å². The molecule has 0 saturated heterocycles. The number of rotatable bonds is 5. The van der Waals surface area contributed by atoms with Crippen LogP contribution in [-0.2, 0) is 6.42 Å². The van der Waals surface area contributed by atoms with Crippen LogP contribution in [0.15, 0.2) is 30.5 Å². The van der Waals surface area contributed by atoms with E-state index in [1.54, 1.807) is 6.20 Å². The third-order valence-corrected chi connectivity index (χ3v) is 3.01. The number of hydrogen-bond donors (Lipinski definition) is 2. The number of para-hydroxylation sites is 1. The highest BCUT2D eigenvalue weighted by molar-refractivity contribution is 6.32. The molecule has 4 nitrogen and oxygen atoms in total. The Kier molecular flexibility index (Phi) is 4.58. The van der Waals surface area contributed by atoms with Crippen LogP contribution < -0.4 is 10.6 Å². The second kappa shape index (κ2) is 6.38. The van der Waals surface area contributed by atoms with Crippen LogP contribution in [0.2, 0.25) is 5.02 Å². The summed E-state index contributed by atoms with van der Waals surface area (Å²) in [6.45, 7) is 4.89. The maximum absolute atomic E-state index is 6.13. The topological polar surface area (TPSA) is 49.8 Å². The van der Waals surface area contributed by atoms with Gasteiger partial charge in [0.2, 0.25) is 5.95 Å². The second-order valence-corrected chi connectivity index (χ2v) is 4.46. The number of aromatic nitrogens is 2. The summed E-state index contributed by atoms with van der Waals surface area (Å²) in [6, 6.07) is 8.12. The minimum absolute atomic E-state index is 0.507. The molecule has 1 heterocycles. The van der Waals surface area contributed by atoms with E-state index in [-0.39, 0.29) is 0 Å². The van der Waals surface area contributed by atoms with Crippen molar-refractivity contribution in [2.45, 2.75) is 20.3 Å². The van der Waals surface area contributed by atoms with Gasteiger partial charge in [0.1, 0.15) is 5.02 Å². The van der Waals surface area contributed by atoms with Gasteiger partial charge in [-0.05, 0) is 25.0 Å². The molecule has 0 fully saturated rings. The smallest absolute Gasteiger partial charge is 0.224 e. The largest absolute Gasteiger partial charge is 0.354 e. The summed E-state index contributed by atoms with van der Waals surface area (Å²) in [5.41, 5.74) is 2.25. The molecule has 2 N–H and O–H groups in total. The van der Waals surface area contributed by atoms with Crippen LogP contribution >= 0.6 is 11.6 Å². The van der Waals surface area contributed by atoms with E-state index < -0.39 is 0 Å². The van der Waals surface area contributed by atoms with Crippen molar-refractivity contribution in [1.29, 1.82) is 0 Å². The van der Waals surface area contributed by atoms with Crippen molar-refractivity contribution in [1.82, 2.24) is 9.97 Å². The maximum Gasteiger partial charge on any atom is 0.224 e. The van der Waals surface area contributed by atoms with Crippen molar-refractivity contribution in [2.75, 3.05) is 17.2 Å². The van der Waals surface area contributed by atoms with Gasteiger partial charge in [-0.3, -0.25) is 0 Å². The minimum Gasteiger partial charge on any atom is -0.354 e. The average Bonchev–Trinajstić information content (AvgIpc) is 2.43. The van der Waals surface area contributed by atoms with Gasteiger partial charge in [0, 0.05) is 12.2 Å². The lowest BCUT2D eigenvalue weighted by molar-refractivity contribution is 1.08. The molecule has 1 aromatic carbocycles. The third kappa shape index (κ3) is 3.35. The standard InChI is InChI=1S/C14H17ClN4/c1-3-10-7-5-6-8-12(10)18-13-11(15)9-17-14(19-13)16-4-2/h5-9H,3-4H2,1-2H3,(H2,16,17,18,19). The van der Waals surface area contributed by atoms with Gasteiger partial charge < -0.3 is 10.6 Å². The van der Waals surface area contributed by atoms with Gasteiger partial charge in [0.05, 0.1) is 6.20 Å². The Morgan fingerprint density at radius 3 is 2.74 bits per heavy atom. The van der Waals surface area contributed by atoms with Gasteiger partial charge in [-0.2, -0.15) is 4.98 Å². The molecule has 2 aromatic rings. The normalized spacial score (nSPS) is 10.3. The van der Waals surface area contributed by atoms with Gasteiger partial charge in [-0.25, -0.2) is 4.98 Å². The van der Waals surface area contributed by atoms with E-state index in [1.807, 2.05) is 25.1 Å². The zero-order valence-corrected chi connectivity index (χ0v) is 11.8. The van der Waals surface area contributed by atoms with E-state index in [0.717, 1.165) is 18.7 Å². The van der Waals surface area contributed by atoms with Crippen LogP contribution in [0.5, 0.6) is 0 Å². The van der Waals surface area contributed by atoms with Gasteiger partial charge >= 0.3 is 0 Å². The molecule has 0 radical (unpaired) electrons. The summed E-state index contributed by atoms with van der Waals surface area (Å²) in [6.07, 6.45) is 2.55. The quantitative estimate of drug-likeness (QED) is 0.870. The molecule has 0 spiro atoms. The molecule has 0 saturated carbocycles. The van der Waals surface area contributed by atoms with E-state index in [1.165, 1.54) is 5.56 Å². The highest BCUT2D eigenvalue weighted by Gasteiger charge is 2.07. The first-order valence-electron chi connectivity index (χ1n) is 6.36. The summed E-state index contributed by atoms with van der Waals surface area (Å²) >= 11 is 6.13. The lowest BCUT2D eigenvalue weighted by Gasteiger charge is -2.12. The molecule has 0 atom stereocenters. The van der Waals surface area contributed by atoms with Gasteiger partial charge in [-0.1, -0.05) is 36.7 Å². The zero-order valence-electron chi connectivity index (χ0n) is 11.1. The first kappa shape index (κ1) is 13.6.